The summed E-state index contributed by atoms with van der Waals surface area (Å²) in [4.78, 5) is 0. The lowest BCUT2D eigenvalue weighted by molar-refractivity contribution is -0.205. The predicted molar refractivity (Wildman–Crippen MR) is 88.6 cm³/mol. The van der Waals surface area contributed by atoms with Crippen molar-refractivity contribution < 1.29 is 23.0 Å². The third kappa shape index (κ3) is 16.4. The highest BCUT2D eigenvalue weighted by Gasteiger charge is 2.37. The van der Waals surface area contributed by atoms with Gasteiger partial charge in [0, 0.05) is 13.2 Å². The van der Waals surface area contributed by atoms with Gasteiger partial charge >= 0.3 is 6.18 Å². The molecule has 2 nitrogen and oxygen atoms in total. The van der Waals surface area contributed by atoms with E-state index in [0.717, 1.165) is 25.9 Å². The smallest absolute Gasteiger partial charge is 0.384 e. The Morgan fingerprint density at radius 1 is 0.739 bits per heavy atom. The van der Waals surface area contributed by atoms with Crippen molar-refractivity contribution in [2.75, 3.05) is 13.2 Å². The van der Waals surface area contributed by atoms with Crippen molar-refractivity contribution in [1.29, 1.82) is 0 Å². The lowest BCUT2D eigenvalue weighted by Crippen LogP contribution is -2.28. The Morgan fingerprint density at radius 2 is 1.17 bits per heavy atom. The first-order chi connectivity index (χ1) is 11.0. The summed E-state index contributed by atoms with van der Waals surface area (Å²) < 4.78 is 41.7. The van der Waals surface area contributed by atoms with Crippen LogP contribution in [0.2, 0.25) is 0 Å². The second-order valence-corrected chi connectivity index (χ2v) is 6.35. The Balaban J connectivity index is 3.11. The van der Waals surface area contributed by atoms with E-state index in [2.05, 4.69) is 6.92 Å². The molecule has 0 bridgehead atoms. The second kappa shape index (κ2) is 15.3. The predicted octanol–water partition coefficient (Wildman–Crippen LogP) is 6.02. The van der Waals surface area contributed by atoms with Crippen LogP contribution in [0.5, 0.6) is 0 Å². The van der Waals surface area contributed by atoms with Gasteiger partial charge < -0.3 is 9.84 Å². The molecule has 0 saturated heterocycles. The summed E-state index contributed by atoms with van der Waals surface area (Å²) >= 11 is 0. The number of hydrogen-bond acceptors (Lipinski definition) is 2. The molecule has 0 radical (unpaired) electrons. The van der Waals surface area contributed by atoms with Crippen LogP contribution in [0.3, 0.4) is 0 Å². The number of aliphatic hydroxyl groups excluding tert-OH is 1. The number of halogens is 3. The molecule has 1 unspecified atom stereocenters. The fourth-order valence-electron chi connectivity index (χ4n) is 2.50. The number of aliphatic hydroxyl groups is 1. The maximum Gasteiger partial charge on any atom is 0.414 e. The van der Waals surface area contributed by atoms with E-state index in [-0.39, 0.29) is 6.42 Å². The number of ether oxygens (including phenoxy) is 1. The highest BCUT2D eigenvalue weighted by atomic mass is 19.4. The molecule has 0 aromatic carbocycles. The second-order valence-electron chi connectivity index (χ2n) is 6.35. The summed E-state index contributed by atoms with van der Waals surface area (Å²) in [5.41, 5.74) is 0. The average molecular weight is 340 g/mol. The van der Waals surface area contributed by atoms with Crippen LogP contribution in [-0.2, 0) is 4.74 Å². The fraction of sp³-hybridized carbons (Fsp3) is 1.00. The van der Waals surface area contributed by atoms with Crippen molar-refractivity contribution in [2.45, 2.75) is 103 Å². The van der Waals surface area contributed by atoms with Crippen LogP contribution >= 0.6 is 0 Å². The van der Waals surface area contributed by atoms with E-state index in [1.807, 2.05) is 0 Å². The molecule has 1 atom stereocenters. The summed E-state index contributed by atoms with van der Waals surface area (Å²) in [6.45, 7) is 3.71. The first-order valence-electron chi connectivity index (χ1n) is 9.31. The van der Waals surface area contributed by atoms with Gasteiger partial charge in [-0.2, -0.15) is 13.2 Å². The lowest BCUT2D eigenvalue weighted by Gasteiger charge is -2.13. The minimum Gasteiger partial charge on any atom is -0.384 e. The van der Waals surface area contributed by atoms with E-state index in [1.54, 1.807) is 0 Å². The lowest BCUT2D eigenvalue weighted by atomic mass is 10.1. The summed E-state index contributed by atoms with van der Waals surface area (Å²) in [7, 11) is 0. The minimum atomic E-state index is -4.47. The summed E-state index contributed by atoms with van der Waals surface area (Å²) in [5.74, 6) is 0. The molecule has 0 heterocycles. The molecule has 0 aromatic heterocycles. The molecule has 5 heteroatoms. The molecular weight excluding hydrogens is 305 g/mol. The van der Waals surface area contributed by atoms with Crippen LogP contribution in [0, 0.1) is 0 Å². The maximum atomic E-state index is 12.1. The molecule has 0 aromatic rings. The number of rotatable bonds is 16. The zero-order chi connectivity index (χ0) is 17.4. The van der Waals surface area contributed by atoms with Crippen LogP contribution in [0.1, 0.15) is 90.4 Å². The topological polar surface area (TPSA) is 29.5 Å². The summed E-state index contributed by atoms with van der Waals surface area (Å²) in [6, 6.07) is 0. The molecule has 0 aliphatic carbocycles. The molecule has 140 valence electrons. The number of alkyl halides is 3. The Hall–Kier alpha value is -0.290. The van der Waals surface area contributed by atoms with Gasteiger partial charge in [-0.25, -0.2) is 0 Å². The Morgan fingerprint density at radius 3 is 1.65 bits per heavy atom. The molecule has 0 saturated carbocycles. The molecule has 0 fully saturated rings. The average Bonchev–Trinajstić information content (AvgIpc) is 2.50. The Kier molecular flexibility index (Phi) is 15.1. The van der Waals surface area contributed by atoms with E-state index in [4.69, 9.17) is 9.84 Å². The largest absolute Gasteiger partial charge is 0.414 e. The van der Waals surface area contributed by atoms with Gasteiger partial charge in [-0.3, -0.25) is 0 Å². The Labute approximate surface area is 139 Å². The molecule has 1 N–H and O–H groups in total. The van der Waals surface area contributed by atoms with Crippen molar-refractivity contribution in [2.24, 2.45) is 0 Å². The van der Waals surface area contributed by atoms with E-state index in [1.165, 1.54) is 44.9 Å². The van der Waals surface area contributed by atoms with Gasteiger partial charge in [0.15, 0.2) is 0 Å². The monoisotopic (exact) mass is 340 g/mol. The van der Waals surface area contributed by atoms with E-state index < -0.39 is 12.3 Å². The van der Waals surface area contributed by atoms with E-state index in [0.29, 0.717) is 19.4 Å². The zero-order valence-corrected chi connectivity index (χ0v) is 14.7. The Bertz CT molecular complexity index is 245. The third-order valence-electron chi connectivity index (χ3n) is 4.04. The standard InChI is InChI=1S/C18H35F3O2/c1-2-3-4-5-6-7-9-12-15-23-16-13-10-8-11-14-17(22)18(19,20)21/h17,22H,2-16H2,1H3. The maximum absolute atomic E-state index is 12.1. The van der Waals surface area contributed by atoms with Crippen LogP contribution in [0.25, 0.3) is 0 Å². The van der Waals surface area contributed by atoms with E-state index >= 15 is 0 Å². The molecule has 0 rings (SSSR count). The van der Waals surface area contributed by atoms with E-state index in [9.17, 15) is 13.2 Å². The molecule has 0 spiro atoms. The van der Waals surface area contributed by atoms with Gasteiger partial charge in [0.05, 0.1) is 0 Å². The van der Waals surface area contributed by atoms with Gasteiger partial charge in [0.25, 0.3) is 0 Å². The van der Waals surface area contributed by atoms with Crippen LogP contribution in [0.15, 0.2) is 0 Å². The van der Waals surface area contributed by atoms with Gasteiger partial charge in [0.2, 0.25) is 0 Å². The highest BCUT2D eigenvalue weighted by Crippen LogP contribution is 2.23. The fourth-order valence-corrected chi connectivity index (χ4v) is 2.50. The van der Waals surface area contributed by atoms with Gasteiger partial charge in [-0.1, -0.05) is 71.1 Å². The summed E-state index contributed by atoms with van der Waals surface area (Å²) in [5, 5.41) is 8.84. The number of hydrogen-bond donors (Lipinski definition) is 1. The summed E-state index contributed by atoms with van der Waals surface area (Å²) in [6.07, 6.45) is 6.32. The van der Waals surface area contributed by atoms with Crippen LogP contribution < -0.4 is 0 Å². The van der Waals surface area contributed by atoms with Crippen LogP contribution in [0.4, 0.5) is 13.2 Å². The number of unbranched alkanes of at least 4 members (excludes halogenated alkanes) is 10. The first kappa shape index (κ1) is 22.7. The van der Waals surface area contributed by atoms with Crippen molar-refractivity contribution in [3.05, 3.63) is 0 Å². The van der Waals surface area contributed by atoms with Crippen molar-refractivity contribution >= 4 is 0 Å². The SMILES string of the molecule is CCCCCCCCCCOCCCCCCC(O)C(F)(F)F. The van der Waals surface area contributed by atoms with Gasteiger partial charge in [-0.15, -0.1) is 0 Å². The third-order valence-corrected chi connectivity index (χ3v) is 4.04. The highest BCUT2D eigenvalue weighted by molar-refractivity contribution is 4.64. The normalized spacial score (nSPS) is 13.4. The first-order valence-corrected chi connectivity index (χ1v) is 9.31. The van der Waals surface area contributed by atoms with Crippen molar-refractivity contribution in [3.8, 4) is 0 Å². The molecule has 23 heavy (non-hydrogen) atoms. The molecule has 0 amide bonds. The van der Waals surface area contributed by atoms with Gasteiger partial charge in [-0.05, 0) is 19.3 Å². The molecular formula is C18H35F3O2. The quantitative estimate of drug-likeness (QED) is 0.348. The van der Waals surface area contributed by atoms with Gasteiger partial charge in [0.1, 0.15) is 6.10 Å². The molecule has 0 aliphatic heterocycles. The van der Waals surface area contributed by atoms with Crippen LogP contribution in [-0.4, -0.2) is 30.6 Å². The minimum absolute atomic E-state index is 0.192. The van der Waals surface area contributed by atoms with Crippen molar-refractivity contribution in [3.63, 3.8) is 0 Å². The zero-order valence-electron chi connectivity index (χ0n) is 14.7. The van der Waals surface area contributed by atoms with Crippen molar-refractivity contribution in [1.82, 2.24) is 0 Å². The molecule has 0 aliphatic rings.